The highest BCUT2D eigenvalue weighted by atomic mass is 32.2. The van der Waals surface area contributed by atoms with Crippen LogP contribution in [0.25, 0.3) is 0 Å². The zero-order chi connectivity index (χ0) is 43.5. The van der Waals surface area contributed by atoms with Gasteiger partial charge in [-0.15, -0.1) is 0 Å². The minimum atomic E-state index is -1.74. The van der Waals surface area contributed by atoms with E-state index >= 15 is 0 Å². The first-order chi connectivity index (χ1) is 27.6. The van der Waals surface area contributed by atoms with E-state index in [4.69, 9.17) is 27.9 Å². The van der Waals surface area contributed by atoms with Crippen molar-refractivity contribution in [1.82, 2.24) is 0 Å². The maximum Gasteiger partial charge on any atom is 0.342 e. The number of aliphatic hydroxyl groups is 1. The first kappa shape index (κ1) is 44.6. The first-order valence-corrected chi connectivity index (χ1v) is 21.4. The fourth-order valence-corrected chi connectivity index (χ4v) is 13.6. The van der Waals surface area contributed by atoms with Crippen LogP contribution < -0.4 is 0 Å². The van der Waals surface area contributed by atoms with Crippen LogP contribution in [-0.4, -0.2) is 95.6 Å². The van der Waals surface area contributed by atoms with E-state index in [0.717, 1.165) is 5.56 Å². The smallest absolute Gasteiger partial charge is 0.342 e. The Morgan fingerprint density at radius 3 is 2.14 bits per heavy atom. The summed E-state index contributed by atoms with van der Waals surface area (Å²) < 4.78 is 53.8. The highest BCUT2D eigenvalue weighted by Crippen LogP contribution is 2.78. The zero-order valence-corrected chi connectivity index (χ0v) is 36.2. The molecule has 5 fully saturated rings. The van der Waals surface area contributed by atoms with E-state index < -0.39 is 98.2 Å². The number of hydrogen-bond donors (Lipinski definition) is 1. The number of benzene rings is 1. The number of hydrogen-bond acceptors (Lipinski definition) is 14. The van der Waals surface area contributed by atoms with Crippen LogP contribution in [0, 0.1) is 39.4 Å². The van der Waals surface area contributed by atoms with E-state index in [0.29, 0.717) is 31.3 Å². The second kappa shape index (κ2) is 15.8. The largest absolute Gasteiger partial charge is 0.469 e. The van der Waals surface area contributed by atoms with Crippen LogP contribution in [0.4, 0.5) is 0 Å². The number of epoxide rings is 1. The monoisotopic (exact) mass is 842 g/mol. The van der Waals surface area contributed by atoms with Crippen molar-refractivity contribution in [3.63, 3.8) is 0 Å². The van der Waals surface area contributed by atoms with E-state index in [1.807, 2.05) is 50.3 Å². The fraction of sp³-hybridized carbons (Fsp3) is 0.659. The van der Waals surface area contributed by atoms with Crippen molar-refractivity contribution >= 4 is 40.9 Å². The van der Waals surface area contributed by atoms with E-state index in [-0.39, 0.29) is 36.6 Å². The molecule has 4 saturated carbocycles. The Bertz CT molecular complexity index is 1930. The molecule has 1 aromatic rings. The van der Waals surface area contributed by atoms with E-state index in [1.165, 1.54) is 41.1 Å². The number of ether oxygens (including phenoxy) is 6. The highest BCUT2D eigenvalue weighted by Gasteiger charge is 2.90. The van der Waals surface area contributed by atoms with E-state index in [9.17, 15) is 33.3 Å². The molecule has 0 aromatic heterocycles. The van der Waals surface area contributed by atoms with Gasteiger partial charge in [0.05, 0.1) is 37.1 Å². The molecule has 324 valence electrons. The quantitative estimate of drug-likeness (QED) is 0.162. The van der Waals surface area contributed by atoms with Gasteiger partial charge < -0.3 is 33.5 Å². The molecule has 1 saturated heterocycles. The zero-order valence-electron chi connectivity index (χ0n) is 35.4. The Labute approximate surface area is 348 Å². The summed E-state index contributed by atoms with van der Waals surface area (Å²) in [5.41, 5.74) is -6.14. The summed E-state index contributed by atoms with van der Waals surface area (Å²) >= 11 is -1.69. The normalized spacial score (nSPS) is 41.1. The minimum Gasteiger partial charge on any atom is -0.469 e. The average Bonchev–Trinajstić information content (AvgIpc) is 3.97. The minimum absolute atomic E-state index is 0.0430. The van der Waals surface area contributed by atoms with Crippen LogP contribution in [-0.2, 0) is 73.4 Å². The third-order valence-electron chi connectivity index (χ3n) is 15.1. The molecular weight excluding hydrogens is 785 g/mol. The van der Waals surface area contributed by atoms with Gasteiger partial charge >= 0.3 is 29.8 Å². The lowest BCUT2D eigenvalue weighted by Gasteiger charge is -2.73. The summed E-state index contributed by atoms with van der Waals surface area (Å²) in [4.78, 5) is 62.6. The van der Waals surface area contributed by atoms with Crippen molar-refractivity contribution in [2.24, 2.45) is 39.4 Å². The molecule has 14 atom stereocenters. The Hall–Kier alpha value is -3.92. The van der Waals surface area contributed by atoms with Gasteiger partial charge in [0.15, 0.2) is 17.2 Å². The average molecular weight is 843 g/mol. The Balaban J connectivity index is 0.00000110. The lowest BCUT2D eigenvalue weighted by atomic mass is 9.32. The Kier molecular flexibility index (Phi) is 12.0. The van der Waals surface area contributed by atoms with Gasteiger partial charge in [-0.3, -0.25) is 18.6 Å². The second-order valence-corrected chi connectivity index (χ2v) is 18.9. The highest BCUT2D eigenvalue weighted by molar-refractivity contribution is 7.79. The number of esters is 5. The standard InChI is InChI=1S/C41H52O12S.C3H6O2/c1-23-20-40(46)30-16-18-36(5)28(17-19-39(22-49-31(44)15-14-29(36)39)24(2)53-54(47)21-27-12-10-9-11-13-27)37(30,6)33(50-25(3)42)34(51-26(4)43)38(40,7)41(32(23)52-41)35(45)48-8;1-3(4)5-2/h9-15,24,28-30,32-34,46H,1,16-22H2,2-8H3;1-2H3/t24?,28?,29-,30?,32+,33+,34-,36+,37+,38+,39-,40+,41-,54?;/m0./s1. The van der Waals surface area contributed by atoms with Gasteiger partial charge in [-0.05, 0) is 73.8 Å². The van der Waals surface area contributed by atoms with E-state index in [2.05, 4.69) is 18.2 Å². The molecule has 59 heavy (non-hydrogen) atoms. The molecule has 4 aliphatic carbocycles. The summed E-state index contributed by atoms with van der Waals surface area (Å²) in [6.45, 7) is 15.9. The molecule has 6 aliphatic rings. The van der Waals surface area contributed by atoms with Gasteiger partial charge in [-0.2, -0.15) is 0 Å². The summed E-state index contributed by atoms with van der Waals surface area (Å²) in [6.07, 6.45) is 1.55. The summed E-state index contributed by atoms with van der Waals surface area (Å²) in [7, 11) is 2.59. The lowest BCUT2D eigenvalue weighted by Crippen LogP contribution is -2.82. The molecule has 0 radical (unpaired) electrons. The fourth-order valence-electron chi connectivity index (χ4n) is 12.5. The molecule has 1 aromatic carbocycles. The SMILES string of the molecule is C=C1C[C@@]2(O)C3CC[C@]4(C)C(CC[C@@]5(C(C)OS(=O)Cc6ccccc6)COC(=O)C=C[C@H]54)[C@@]3(C)[C@H](OC(C)=O)[C@H](OC(C)=O)[C@@]2(C)[C@]2(C(=O)OC)O[C@H]12.COC(C)=O. The first-order valence-electron chi connectivity index (χ1n) is 20.1. The Morgan fingerprint density at radius 1 is 0.932 bits per heavy atom. The number of carbonyl (C=O) groups excluding carboxylic acids is 5. The summed E-state index contributed by atoms with van der Waals surface area (Å²) in [6, 6.07) is 9.44. The molecule has 15 heteroatoms. The number of rotatable bonds is 8. The number of cyclic esters (lactones) is 1. The third-order valence-corrected chi connectivity index (χ3v) is 16.2. The topological polar surface area (TPSA) is 191 Å². The molecule has 0 bridgehead atoms. The molecule has 2 heterocycles. The van der Waals surface area contributed by atoms with Crippen molar-refractivity contribution in [2.75, 3.05) is 20.8 Å². The molecule has 0 amide bonds. The predicted octanol–water partition coefficient (Wildman–Crippen LogP) is 4.87. The third kappa shape index (κ3) is 6.78. The van der Waals surface area contributed by atoms with Crippen molar-refractivity contribution in [2.45, 2.75) is 122 Å². The van der Waals surface area contributed by atoms with Gasteiger partial charge in [0.25, 0.3) is 0 Å². The van der Waals surface area contributed by atoms with Gasteiger partial charge in [0.2, 0.25) is 5.60 Å². The van der Waals surface area contributed by atoms with Crippen LogP contribution in [0.5, 0.6) is 0 Å². The van der Waals surface area contributed by atoms with Crippen LogP contribution >= 0.6 is 0 Å². The number of allylic oxidation sites excluding steroid dienone is 1. The number of methoxy groups -OCH3 is 2. The van der Waals surface area contributed by atoms with E-state index in [1.54, 1.807) is 6.92 Å². The maximum atomic E-state index is 13.8. The van der Waals surface area contributed by atoms with Gasteiger partial charge in [-0.1, -0.05) is 56.8 Å². The lowest BCUT2D eigenvalue weighted by molar-refractivity contribution is -0.336. The summed E-state index contributed by atoms with van der Waals surface area (Å²) in [5.74, 6) is -3.78. The van der Waals surface area contributed by atoms with Crippen LogP contribution in [0.1, 0.15) is 86.1 Å². The van der Waals surface area contributed by atoms with Crippen molar-refractivity contribution in [1.29, 1.82) is 0 Å². The van der Waals surface area contributed by atoms with Crippen LogP contribution in [0.2, 0.25) is 0 Å². The molecule has 7 rings (SSSR count). The molecular formula is C44H58O14S. The van der Waals surface area contributed by atoms with Crippen molar-refractivity contribution in [3.05, 3.63) is 60.2 Å². The molecule has 14 nitrogen and oxygen atoms in total. The number of fused-ring (bicyclic) bond motifs is 9. The van der Waals surface area contributed by atoms with Crippen LogP contribution in [0.3, 0.4) is 0 Å². The second-order valence-electron chi connectivity index (χ2n) is 17.8. The summed E-state index contributed by atoms with van der Waals surface area (Å²) in [5, 5.41) is 13.5. The van der Waals surface area contributed by atoms with Crippen LogP contribution in [0.15, 0.2) is 54.6 Å². The molecule has 2 aliphatic heterocycles. The number of carbonyl (C=O) groups is 5. The Morgan fingerprint density at radius 2 is 1.54 bits per heavy atom. The molecule has 4 unspecified atom stereocenters. The predicted molar refractivity (Wildman–Crippen MR) is 212 cm³/mol. The van der Waals surface area contributed by atoms with Gasteiger partial charge in [0, 0.05) is 44.1 Å². The van der Waals surface area contributed by atoms with Crippen molar-refractivity contribution < 1.29 is 65.9 Å². The van der Waals surface area contributed by atoms with Crippen molar-refractivity contribution in [3.8, 4) is 0 Å². The van der Waals surface area contributed by atoms with Gasteiger partial charge in [0.1, 0.15) is 18.8 Å². The molecule has 0 spiro atoms. The molecule has 1 N–H and O–H groups in total. The maximum absolute atomic E-state index is 13.8. The van der Waals surface area contributed by atoms with Gasteiger partial charge in [-0.25, -0.2) is 13.8 Å².